The fraction of sp³-hybridized carbons (Fsp3) is 0.444. The van der Waals surface area contributed by atoms with Crippen LogP contribution in [0.25, 0.3) is 17.0 Å². The van der Waals surface area contributed by atoms with Crippen molar-refractivity contribution in [2.24, 2.45) is 5.92 Å². The zero-order valence-corrected chi connectivity index (χ0v) is 15.7. The number of benzene rings is 1. The van der Waals surface area contributed by atoms with E-state index in [9.17, 15) is 8.42 Å². The molecule has 1 atom stereocenters. The summed E-state index contributed by atoms with van der Waals surface area (Å²) in [5.74, 6) is 0.997. The van der Waals surface area contributed by atoms with Gasteiger partial charge in [0.05, 0.1) is 0 Å². The number of nitrogens with one attached hydrogen (secondary N) is 1. The Morgan fingerprint density at radius 1 is 1.36 bits per heavy atom. The third kappa shape index (κ3) is 3.12. The zero-order chi connectivity index (χ0) is 17.6. The van der Waals surface area contributed by atoms with Gasteiger partial charge >= 0.3 is 0 Å². The van der Waals surface area contributed by atoms with Crippen LogP contribution >= 0.6 is 11.6 Å². The fourth-order valence-corrected chi connectivity index (χ4v) is 5.20. The smallest absolute Gasteiger partial charge is 0.236 e. The van der Waals surface area contributed by atoms with Gasteiger partial charge in [-0.05, 0) is 49.1 Å². The predicted octanol–water partition coefficient (Wildman–Crippen LogP) is 3.37. The molecule has 134 valence electrons. The van der Waals surface area contributed by atoms with E-state index in [1.165, 1.54) is 9.71 Å². The maximum absolute atomic E-state index is 12.5. The van der Waals surface area contributed by atoms with Crippen molar-refractivity contribution in [1.29, 1.82) is 0 Å². The highest BCUT2D eigenvalue weighted by atomic mass is 35.5. The van der Waals surface area contributed by atoms with Gasteiger partial charge < -0.3 is 9.73 Å². The molecule has 7 heteroatoms. The number of hydrogen-bond donors (Lipinski definition) is 1. The number of sulfonamides is 1. The normalized spacial score (nSPS) is 22.1. The Balaban J connectivity index is 1.73. The van der Waals surface area contributed by atoms with Gasteiger partial charge in [0.25, 0.3) is 0 Å². The summed E-state index contributed by atoms with van der Waals surface area (Å²) in [7, 11) is -3.42. The molecular weight excluding hydrogens is 360 g/mol. The molecule has 0 amide bonds. The molecule has 3 heterocycles. The van der Waals surface area contributed by atoms with Gasteiger partial charge in [-0.15, -0.1) is 0 Å². The molecule has 1 saturated heterocycles. The monoisotopic (exact) mass is 380 g/mol. The summed E-state index contributed by atoms with van der Waals surface area (Å²) in [6, 6.07) is 3.69. The van der Waals surface area contributed by atoms with E-state index in [0.29, 0.717) is 31.3 Å². The van der Waals surface area contributed by atoms with Crippen molar-refractivity contribution in [3.8, 4) is 0 Å². The van der Waals surface area contributed by atoms with E-state index >= 15 is 0 Å². The van der Waals surface area contributed by atoms with Crippen molar-refractivity contribution in [2.45, 2.75) is 26.3 Å². The van der Waals surface area contributed by atoms with Crippen LogP contribution in [-0.4, -0.2) is 32.4 Å². The Kier molecular flexibility index (Phi) is 4.40. The van der Waals surface area contributed by atoms with Crippen LogP contribution in [0.15, 0.2) is 22.0 Å². The molecule has 0 bridgehead atoms. The fourth-order valence-electron chi connectivity index (χ4n) is 3.66. The standard InChI is InChI=1S/C18H21ClN2O3S/c1-12-5-8-21(11-12)25(22,23)9-6-16-14-10-20-7-4-13-15(19)2-3-17(24-16)18(13)14/h2-3,6,9,12,20H,4-5,7-8,10-11H2,1H3/b9-6+. The first-order valence-electron chi connectivity index (χ1n) is 8.57. The van der Waals surface area contributed by atoms with Gasteiger partial charge in [0.2, 0.25) is 10.0 Å². The van der Waals surface area contributed by atoms with E-state index in [4.69, 9.17) is 16.0 Å². The number of hydrogen-bond acceptors (Lipinski definition) is 4. The third-order valence-corrected chi connectivity index (χ3v) is 6.91. The lowest BCUT2D eigenvalue weighted by Crippen LogP contribution is -2.26. The van der Waals surface area contributed by atoms with Crippen molar-refractivity contribution in [2.75, 3.05) is 19.6 Å². The maximum atomic E-state index is 12.5. The lowest BCUT2D eigenvalue weighted by atomic mass is 10.0. The Morgan fingerprint density at radius 2 is 2.20 bits per heavy atom. The Bertz CT molecular complexity index is 949. The molecule has 1 aromatic carbocycles. The van der Waals surface area contributed by atoms with Crippen LogP contribution in [0, 0.1) is 5.92 Å². The van der Waals surface area contributed by atoms with Crippen LogP contribution in [0.3, 0.4) is 0 Å². The molecular formula is C18H21ClN2O3S. The molecule has 2 aliphatic rings. The average Bonchev–Trinajstić information content (AvgIpc) is 3.08. The third-order valence-electron chi connectivity index (χ3n) is 5.03. The van der Waals surface area contributed by atoms with Crippen molar-refractivity contribution in [1.82, 2.24) is 9.62 Å². The van der Waals surface area contributed by atoms with Crippen LogP contribution in [-0.2, 0) is 23.0 Å². The quantitative estimate of drug-likeness (QED) is 0.886. The van der Waals surface area contributed by atoms with Gasteiger partial charge in [-0.3, -0.25) is 0 Å². The van der Waals surface area contributed by atoms with Crippen LogP contribution in [0.5, 0.6) is 0 Å². The minimum atomic E-state index is -3.42. The van der Waals surface area contributed by atoms with Gasteiger partial charge in [0, 0.05) is 41.0 Å². The van der Waals surface area contributed by atoms with Gasteiger partial charge in [-0.1, -0.05) is 18.5 Å². The number of furan rings is 1. The largest absolute Gasteiger partial charge is 0.456 e. The minimum absolute atomic E-state index is 0.410. The first-order valence-corrected chi connectivity index (χ1v) is 10.5. The second-order valence-corrected chi connectivity index (χ2v) is 9.10. The average molecular weight is 381 g/mol. The topological polar surface area (TPSA) is 62.6 Å². The van der Waals surface area contributed by atoms with E-state index in [1.807, 2.05) is 12.1 Å². The molecule has 4 rings (SSSR count). The van der Waals surface area contributed by atoms with Gasteiger partial charge in [0.15, 0.2) is 0 Å². The summed E-state index contributed by atoms with van der Waals surface area (Å²) in [6.45, 7) is 4.72. The molecule has 0 spiro atoms. The van der Waals surface area contributed by atoms with Crippen molar-refractivity contribution < 1.29 is 12.8 Å². The van der Waals surface area contributed by atoms with Crippen LogP contribution in [0.2, 0.25) is 5.02 Å². The summed E-state index contributed by atoms with van der Waals surface area (Å²) in [5.41, 5.74) is 2.80. The molecule has 0 saturated carbocycles. The van der Waals surface area contributed by atoms with Gasteiger partial charge in [-0.2, -0.15) is 4.31 Å². The van der Waals surface area contributed by atoms with Crippen LogP contribution < -0.4 is 5.32 Å². The highest BCUT2D eigenvalue weighted by Crippen LogP contribution is 2.35. The molecule has 2 aromatic rings. The molecule has 1 N–H and O–H groups in total. The maximum Gasteiger partial charge on any atom is 0.236 e. The summed E-state index contributed by atoms with van der Waals surface area (Å²) in [5, 5.41) is 6.37. The number of nitrogens with zero attached hydrogens (tertiary/aromatic N) is 1. The van der Waals surface area contributed by atoms with E-state index in [1.54, 1.807) is 6.08 Å². The molecule has 1 aromatic heterocycles. The summed E-state index contributed by atoms with van der Waals surface area (Å²) >= 11 is 6.35. The highest BCUT2D eigenvalue weighted by molar-refractivity contribution is 7.92. The molecule has 0 radical (unpaired) electrons. The lowest BCUT2D eigenvalue weighted by Gasteiger charge is -2.12. The lowest BCUT2D eigenvalue weighted by molar-refractivity contribution is 0.472. The first kappa shape index (κ1) is 17.1. The summed E-state index contributed by atoms with van der Waals surface area (Å²) < 4.78 is 32.5. The van der Waals surface area contributed by atoms with Crippen molar-refractivity contribution in [3.63, 3.8) is 0 Å². The van der Waals surface area contributed by atoms with E-state index in [-0.39, 0.29) is 0 Å². The molecule has 1 unspecified atom stereocenters. The summed E-state index contributed by atoms with van der Waals surface area (Å²) in [6.07, 6.45) is 3.32. The van der Waals surface area contributed by atoms with Crippen molar-refractivity contribution in [3.05, 3.63) is 39.5 Å². The highest BCUT2D eigenvalue weighted by Gasteiger charge is 2.27. The van der Waals surface area contributed by atoms with Gasteiger partial charge in [0.1, 0.15) is 11.3 Å². The molecule has 1 fully saturated rings. The number of halogens is 1. The van der Waals surface area contributed by atoms with E-state index in [0.717, 1.165) is 46.5 Å². The SMILES string of the molecule is CC1CCN(S(=O)(=O)/C=C/c2oc3ccc(Cl)c4c3c2CNCC4)C1. The molecule has 2 aliphatic heterocycles. The first-order chi connectivity index (χ1) is 12.0. The van der Waals surface area contributed by atoms with Crippen LogP contribution in [0.1, 0.15) is 30.2 Å². The zero-order valence-electron chi connectivity index (χ0n) is 14.1. The van der Waals surface area contributed by atoms with Crippen molar-refractivity contribution >= 4 is 38.7 Å². The molecule has 0 aliphatic carbocycles. The molecule has 25 heavy (non-hydrogen) atoms. The Hall–Kier alpha value is -1.34. The van der Waals surface area contributed by atoms with E-state index in [2.05, 4.69) is 12.2 Å². The second-order valence-electron chi connectivity index (χ2n) is 6.87. The number of rotatable bonds is 3. The Labute approximate surface area is 152 Å². The Morgan fingerprint density at radius 3 is 2.96 bits per heavy atom. The second kappa shape index (κ2) is 6.43. The van der Waals surface area contributed by atoms with E-state index < -0.39 is 10.0 Å². The van der Waals surface area contributed by atoms with Crippen LogP contribution in [0.4, 0.5) is 0 Å². The molecule has 5 nitrogen and oxygen atoms in total. The van der Waals surface area contributed by atoms with Gasteiger partial charge in [-0.25, -0.2) is 8.42 Å². The summed E-state index contributed by atoms with van der Waals surface area (Å²) in [4.78, 5) is 0. The predicted molar refractivity (Wildman–Crippen MR) is 99.9 cm³/mol. The minimum Gasteiger partial charge on any atom is -0.456 e.